The van der Waals surface area contributed by atoms with Crippen LogP contribution in [0.2, 0.25) is 0 Å². The predicted molar refractivity (Wildman–Crippen MR) is 111 cm³/mol. The van der Waals surface area contributed by atoms with Crippen molar-refractivity contribution in [2.24, 2.45) is 4.99 Å². The number of hydrogen-bond donors (Lipinski definition) is 2. The quantitative estimate of drug-likeness (QED) is 0.468. The number of aromatic nitrogens is 1. The zero-order valence-electron chi connectivity index (χ0n) is 15.8. The molecule has 1 aliphatic heterocycles. The molecule has 1 aliphatic rings. The van der Waals surface area contributed by atoms with E-state index in [-0.39, 0.29) is 5.82 Å². The predicted octanol–water partition coefficient (Wildman–Crippen LogP) is 3.28. The molecule has 0 saturated carbocycles. The molecule has 0 unspecified atom stereocenters. The summed E-state index contributed by atoms with van der Waals surface area (Å²) in [5.74, 6) is 1.58. The number of rotatable bonds is 5. The van der Waals surface area contributed by atoms with Crippen LogP contribution in [0.1, 0.15) is 18.4 Å². The Labute approximate surface area is 164 Å². The van der Waals surface area contributed by atoms with Crippen LogP contribution in [0.3, 0.4) is 0 Å². The van der Waals surface area contributed by atoms with Gasteiger partial charge in [-0.15, -0.1) is 11.8 Å². The Morgan fingerprint density at radius 3 is 2.78 bits per heavy atom. The Morgan fingerprint density at radius 2 is 2.11 bits per heavy atom. The van der Waals surface area contributed by atoms with Crippen LogP contribution < -0.4 is 15.5 Å². The summed E-state index contributed by atoms with van der Waals surface area (Å²) < 4.78 is 13.5. The van der Waals surface area contributed by atoms with Gasteiger partial charge in [0, 0.05) is 43.8 Å². The van der Waals surface area contributed by atoms with E-state index in [0.29, 0.717) is 12.6 Å². The van der Waals surface area contributed by atoms with Crippen LogP contribution in [0.4, 0.5) is 10.2 Å². The van der Waals surface area contributed by atoms with Gasteiger partial charge in [0.1, 0.15) is 11.6 Å². The van der Waals surface area contributed by atoms with Crippen molar-refractivity contribution in [3.05, 3.63) is 54.0 Å². The van der Waals surface area contributed by atoms with Crippen LogP contribution in [0.5, 0.6) is 0 Å². The average Bonchev–Trinajstić information content (AvgIpc) is 2.72. The molecule has 7 heteroatoms. The third kappa shape index (κ3) is 5.35. The molecule has 0 bridgehead atoms. The SMILES string of the molecule is CN=C(NCc1cc(F)ccc1SC)NC1CCN(c2ccccn2)CC1. The first-order valence-corrected chi connectivity index (χ1v) is 10.4. The molecule has 1 aromatic carbocycles. The smallest absolute Gasteiger partial charge is 0.191 e. The second-order valence-corrected chi connectivity index (χ2v) is 7.32. The third-order valence-corrected chi connectivity index (χ3v) is 5.56. The number of aliphatic imine (C=N–C) groups is 1. The van der Waals surface area contributed by atoms with Crippen molar-refractivity contribution in [2.75, 3.05) is 31.3 Å². The first-order chi connectivity index (χ1) is 13.2. The molecule has 2 heterocycles. The number of guanidine groups is 1. The van der Waals surface area contributed by atoms with Crippen LogP contribution in [0.25, 0.3) is 0 Å². The lowest BCUT2D eigenvalue weighted by Crippen LogP contribution is -2.48. The van der Waals surface area contributed by atoms with Crippen LogP contribution in [0.15, 0.2) is 52.5 Å². The summed E-state index contributed by atoms with van der Waals surface area (Å²) >= 11 is 1.62. The Kier molecular flexibility index (Phi) is 6.92. The number of thioether (sulfide) groups is 1. The molecule has 5 nitrogen and oxygen atoms in total. The fraction of sp³-hybridized carbons (Fsp3) is 0.400. The number of piperidine rings is 1. The average molecular weight is 388 g/mol. The molecule has 144 valence electrons. The Bertz CT molecular complexity index is 760. The molecule has 3 rings (SSSR count). The highest BCUT2D eigenvalue weighted by atomic mass is 32.2. The number of anilines is 1. The van der Waals surface area contributed by atoms with E-state index >= 15 is 0 Å². The largest absolute Gasteiger partial charge is 0.356 e. The van der Waals surface area contributed by atoms with Gasteiger partial charge in [-0.25, -0.2) is 9.37 Å². The molecule has 2 N–H and O–H groups in total. The van der Waals surface area contributed by atoms with E-state index in [1.807, 2.05) is 30.7 Å². The lowest BCUT2D eigenvalue weighted by Gasteiger charge is -2.33. The highest BCUT2D eigenvalue weighted by molar-refractivity contribution is 7.98. The zero-order chi connectivity index (χ0) is 19.1. The molecule has 1 saturated heterocycles. The van der Waals surface area contributed by atoms with Gasteiger partial charge in [0.15, 0.2) is 5.96 Å². The molecule has 1 fully saturated rings. The standard InChI is InChI=1S/C20H26FN5S/c1-22-20(24-14-15-13-16(21)6-7-18(15)27-2)25-17-8-11-26(12-9-17)19-5-3-4-10-23-19/h3-7,10,13,17H,8-9,11-12,14H2,1-2H3,(H2,22,24,25). The number of pyridine rings is 1. The topological polar surface area (TPSA) is 52.6 Å². The summed E-state index contributed by atoms with van der Waals surface area (Å²) in [7, 11) is 1.76. The molecule has 2 aromatic rings. The highest BCUT2D eigenvalue weighted by Crippen LogP contribution is 2.21. The van der Waals surface area contributed by atoms with E-state index in [9.17, 15) is 4.39 Å². The van der Waals surface area contributed by atoms with Gasteiger partial charge < -0.3 is 15.5 Å². The molecular weight excluding hydrogens is 361 g/mol. The van der Waals surface area contributed by atoms with Gasteiger partial charge in [-0.05, 0) is 55.0 Å². The summed E-state index contributed by atoms with van der Waals surface area (Å²) in [6.07, 6.45) is 5.88. The molecule has 1 aromatic heterocycles. The van der Waals surface area contributed by atoms with Gasteiger partial charge in [-0.2, -0.15) is 0 Å². The monoisotopic (exact) mass is 387 g/mol. The van der Waals surface area contributed by atoms with Crippen molar-refractivity contribution >= 4 is 23.5 Å². The van der Waals surface area contributed by atoms with Crippen molar-refractivity contribution in [3.8, 4) is 0 Å². The molecule has 0 amide bonds. The summed E-state index contributed by atoms with van der Waals surface area (Å²) in [5.41, 5.74) is 0.940. The lowest BCUT2D eigenvalue weighted by molar-refractivity contribution is 0.459. The first-order valence-electron chi connectivity index (χ1n) is 9.15. The molecule has 27 heavy (non-hydrogen) atoms. The summed E-state index contributed by atoms with van der Waals surface area (Å²) in [6.45, 7) is 2.47. The fourth-order valence-electron chi connectivity index (χ4n) is 3.25. The highest BCUT2D eigenvalue weighted by Gasteiger charge is 2.20. The molecule has 0 radical (unpaired) electrons. The second-order valence-electron chi connectivity index (χ2n) is 6.48. The van der Waals surface area contributed by atoms with Crippen molar-refractivity contribution in [1.82, 2.24) is 15.6 Å². The Balaban J connectivity index is 1.51. The van der Waals surface area contributed by atoms with E-state index in [1.54, 1.807) is 24.9 Å². The van der Waals surface area contributed by atoms with Crippen molar-refractivity contribution in [3.63, 3.8) is 0 Å². The van der Waals surface area contributed by atoms with Gasteiger partial charge in [-0.3, -0.25) is 4.99 Å². The number of nitrogens with zero attached hydrogens (tertiary/aromatic N) is 3. The van der Waals surface area contributed by atoms with Gasteiger partial charge in [-0.1, -0.05) is 6.07 Å². The van der Waals surface area contributed by atoms with Gasteiger partial charge in [0.05, 0.1) is 0 Å². The van der Waals surface area contributed by atoms with Crippen molar-refractivity contribution in [1.29, 1.82) is 0 Å². The van der Waals surface area contributed by atoms with Crippen molar-refractivity contribution < 1.29 is 4.39 Å². The minimum absolute atomic E-state index is 0.213. The molecular formula is C20H26FN5S. The Morgan fingerprint density at radius 1 is 1.30 bits per heavy atom. The van der Waals surface area contributed by atoms with Crippen LogP contribution in [-0.4, -0.2) is 43.4 Å². The normalized spacial score (nSPS) is 15.7. The van der Waals surface area contributed by atoms with E-state index < -0.39 is 0 Å². The third-order valence-electron chi connectivity index (χ3n) is 4.72. The van der Waals surface area contributed by atoms with E-state index in [0.717, 1.165) is 48.2 Å². The number of benzene rings is 1. The number of halogens is 1. The minimum atomic E-state index is -0.213. The Hall–Kier alpha value is -2.28. The van der Waals surface area contributed by atoms with Gasteiger partial charge >= 0.3 is 0 Å². The maximum atomic E-state index is 13.5. The maximum absolute atomic E-state index is 13.5. The van der Waals surface area contributed by atoms with Gasteiger partial charge in [0.2, 0.25) is 0 Å². The van der Waals surface area contributed by atoms with Crippen molar-refractivity contribution in [2.45, 2.75) is 30.3 Å². The van der Waals surface area contributed by atoms with Gasteiger partial charge in [0.25, 0.3) is 0 Å². The maximum Gasteiger partial charge on any atom is 0.191 e. The molecule has 0 atom stereocenters. The first kappa shape index (κ1) is 19.5. The summed E-state index contributed by atoms with van der Waals surface area (Å²) in [4.78, 5) is 12.1. The van der Waals surface area contributed by atoms with E-state index in [4.69, 9.17) is 0 Å². The lowest BCUT2D eigenvalue weighted by atomic mass is 10.1. The molecule has 0 spiro atoms. The van der Waals surface area contributed by atoms with E-state index in [2.05, 4.69) is 31.6 Å². The summed E-state index contributed by atoms with van der Waals surface area (Å²) in [6, 6.07) is 11.3. The van der Waals surface area contributed by atoms with Crippen LogP contribution in [-0.2, 0) is 6.54 Å². The minimum Gasteiger partial charge on any atom is -0.356 e. The second kappa shape index (κ2) is 9.60. The summed E-state index contributed by atoms with van der Waals surface area (Å²) in [5, 5.41) is 6.80. The molecule has 0 aliphatic carbocycles. The van der Waals surface area contributed by atoms with Crippen LogP contribution in [0, 0.1) is 5.82 Å². The fourth-order valence-corrected chi connectivity index (χ4v) is 3.84. The van der Waals surface area contributed by atoms with E-state index in [1.165, 1.54) is 6.07 Å². The zero-order valence-corrected chi connectivity index (χ0v) is 16.6. The van der Waals surface area contributed by atoms with Crippen LogP contribution >= 0.6 is 11.8 Å². The number of nitrogens with one attached hydrogen (secondary N) is 2. The number of hydrogen-bond acceptors (Lipinski definition) is 4.